The molecule has 2 fully saturated rings. The first-order valence-corrected chi connectivity index (χ1v) is 7.26. The smallest absolute Gasteiger partial charge is 0.310 e. The number of allylic oxidation sites excluding steroid dienone is 2. The summed E-state index contributed by atoms with van der Waals surface area (Å²) < 4.78 is 11.1. The quantitative estimate of drug-likeness (QED) is 0.578. The van der Waals surface area contributed by atoms with Gasteiger partial charge in [-0.3, -0.25) is 4.79 Å². The number of ether oxygens (including phenoxy) is 2. The van der Waals surface area contributed by atoms with E-state index >= 15 is 0 Å². The molecule has 0 aromatic rings. The number of carbonyl (C=O) groups excluding carboxylic acids is 1. The second kappa shape index (κ2) is 5.28. The largest absolute Gasteiger partial charge is 0.459 e. The van der Waals surface area contributed by atoms with E-state index in [4.69, 9.17) is 9.47 Å². The van der Waals surface area contributed by atoms with E-state index in [1.807, 2.05) is 0 Å². The van der Waals surface area contributed by atoms with Crippen LogP contribution in [0, 0.1) is 17.3 Å². The van der Waals surface area contributed by atoms with Gasteiger partial charge in [0, 0.05) is 7.11 Å². The summed E-state index contributed by atoms with van der Waals surface area (Å²) in [5, 5.41) is 0. The summed E-state index contributed by atoms with van der Waals surface area (Å²) in [6, 6.07) is 0. The average molecular weight is 266 g/mol. The molecule has 4 atom stereocenters. The number of hydrogen-bond acceptors (Lipinski definition) is 3. The van der Waals surface area contributed by atoms with Crippen LogP contribution >= 0.6 is 0 Å². The molecule has 0 spiro atoms. The lowest BCUT2D eigenvalue weighted by Gasteiger charge is -2.19. The van der Waals surface area contributed by atoms with Crippen molar-refractivity contribution >= 4 is 5.97 Å². The molecule has 0 bridgehead atoms. The van der Waals surface area contributed by atoms with Gasteiger partial charge in [-0.05, 0) is 44.4 Å². The van der Waals surface area contributed by atoms with Crippen molar-refractivity contribution in [3.8, 4) is 0 Å². The molecule has 108 valence electrons. The number of carbonyl (C=O) groups is 1. The molecule has 0 radical (unpaired) electrons. The predicted molar refractivity (Wildman–Crippen MR) is 74.7 cm³/mol. The third-order valence-corrected chi connectivity index (χ3v) is 4.64. The first kappa shape index (κ1) is 14.6. The summed E-state index contributed by atoms with van der Waals surface area (Å²) in [5.41, 5.74) is 1.30. The molecule has 2 rings (SSSR count). The molecule has 0 aliphatic heterocycles. The molecule has 19 heavy (non-hydrogen) atoms. The van der Waals surface area contributed by atoms with Crippen LogP contribution in [0.3, 0.4) is 0 Å². The van der Waals surface area contributed by atoms with Crippen LogP contribution in [0.4, 0.5) is 0 Å². The van der Waals surface area contributed by atoms with Crippen molar-refractivity contribution in [2.24, 2.45) is 17.3 Å². The van der Waals surface area contributed by atoms with Gasteiger partial charge in [0.1, 0.15) is 6.10 Å². The van der Waals surface area contributed by atoms with Crippen molar-refractivity contribution in [1.82, 2.24) is 0 Å². The van der Waals surface area contributed by atoms with Crippen LogP contribution in [0.25, 0.3) is 0 Å². The average Bonchev–Trinajstić information content (AvgIpc) is 2.69. The summed E-state index contributed by atoms with van der Waals surface area (Å²) in [6.45, 7) is 8.44. The Kier molecular flexibility index (Phi) is 4.05. The zero-order valence-corrected chi connectivity index (χ0v) is 12.7. The van der Waals surface area contributed by atoms with E-state index < -0.39 is 0 Å². The number of esters is 1. The maximum atomic E-state index is 12.3. The third-order valence-electron chi connectivity index (χ3n) is 4.64. The molecular weight excluding hydrogens is 240 g/mol. The lowest BCUT2D eigenvalue weighted by Crippen LogP contribution is -2.29. The molecule has 3 heteroatoms. The molecule has 2 aliphatic rings. The van der Waals surface area contributed by atoms with E-state index in [9.17, 15) is 4.79 Å². The van der Waals surface area contributed by atoms with Gasteiger partial charge in [0.15, 0.2) is 0 Å². The lowest BCUT2D eigenvalue weighted by molar-refractivity contribution is -0.156. The van der Waals surface area contributed by atoms with E-state index in [0.717, 1.165) is 19.3 Å². The van der Waals surface area contributed by atoms with Gasteiger partial charge in [-0.2, -0.15) is 0 Å². The minimum Gasteiger partial charge on any atom is -0.459 e. The Morgan fingerprint density at radius 2 is 1.84 bits per heavy atom. The molecule has 0 amide bonds. The molecule has 0 heterocycles. The Bertz CT molecular complexity index is 379. The molecule has 0 aromatic carbocycles. The van der Waals surface area contributed by atoms with E-state index in [2.05, 4.69) is 33.8 Å². The molecular formula is C16H26O3. The number of rotatable bonds is 4. The fourth-order valence-corrected chi connectivity index (χ4v) is 3.32. The topological polar surface area (TPSA) is 35.5 Å². The maximum absolute atomic E-state index is 12.3. The van der Waals surface area contributed by atoms with E-state index in [0.29, 0.717) is 5.92 Å². The van der Waals surface area contributed by atoms with Gasteiger partial charge in [0.25, 0.3) is 0 Å². The van der Waals surface area contributed by atoms with Gasteiger partial charge in [-0.1, -0.05) is 25.5 Å². The normalized spacial score (nSPS) is 35.8. The zero-order chi connectivity index (χ0) is 14.2. The van der Waals surface area contributed by atoms with E-state index in [1.54, 1.807) is 7.11 Å². The van der Waals surface area contributed by atoms with Gasteiger partial charge in [-0.15, -0.1) is 0 Å². The van der Waals surface area contributed by atoms with Gasteiger partial charge >= 0.3 is 5.97 Å². The van der Waals surface area contributed by atoms with Crippen molar-refractivity contribution in [2.45, 2.75) is 59.2 Å². The van der Waals surface area contributed by atoms with Crippen LogP contribution in [0.1, 0.15) is 47.0 Å². The highest BCUT2D eigenvalue weighted by Crippen LogP contribution is 2.60. The zero-order valence-electron chi connectivity index (χ0n) is 12.7. The van der Waals surface area contributed by atoms with Crippen molar-refractivity contribution in [3.05, 3.63) is 11.6 Å². The molecule has 3 nitrogen and oxygen atoms in total. The monoisotopic (exact) mass is 266 g/mol. The van der Waals surface area contributed by atoms with Gasteiger partial charge < -0.3 is 9.47 Å². The number of hydrogen-bond donors (Lipinski definition) is 0. The highest BCUT2D eigenvalue weighted by molar-refractivity contribution is 5.78. The van der Waals surface area contributed by atoms with Crippen LogP contribution in [0.15, 0.2) is 11.6 Å². The van der Waals surface area contributed by atoms with Crippen LogP contribution < -0.4 is 0 Å². The predicted octanol–water partition coefficient (Wildman–Crippen LogP) is 3.34. The summed E-state index contributed by atoms with van der Waals surface area (Å²) in [7, 11) is 1.70. The minimum absolute atomic E-state index is 0.0144. The molecule has 0 aromatic heterocycles. The fourth-order valence-electron chi connectivity index (χ4n) is 3.32. The van der Waals surface area contributed by atoms with Crippen molar-refractivity contribution in [1.29, 1.82) is 0 Å². The van der Waals surface area contributed by atoms with Crippen molar-refractivity contribution in [2.75, 3.05) is 7.11 Å². The van der Waals surface area contributed by atoms with Gasteiger partial charge in [-0.25, -0.2) is 0 Å². The maximum Gasteiger partial charge on any atom is 0.310 e. The highest BCUT2D eigenvalue weighted by atomic mass is 16.6. The highest BCUT2D eigenvalue weighted by Gasteiger charge is 2.61. The van der Waals surface area contributed by atoms with Crippen molar-refractivity contribution in [3.63, 3.8) is 0 Å². The molecule has 0 saturated heterocycles. The minimum atomic E-state index is -0.0405. The standard InChI is InChI=1S/C16H26O3/c1-10(2)9-11-14(16(11,3)4)15(17)19-13-8-6-7-12(13)18-5/h9,11-14H,6-8H2,1-5H3/t11-,12+,13-,14+/m0/s1. The van der Waals surface area contributed by atoms with Crippen LogP contribution in [0.5, 0.6) is 0 Å². The first-order chi connectivity index (χ1) is 8.87. The molecule has 2 aliphatic carbocycles. The summed E-state index contributed by atoms with van der Waals surface area (Å²) in [6.07, 6.45) is 5.27. The van der Waals surface area contributed by atoms with E-state index in [-0.39, 0.29) is 29.5 Å². The molecule has 0 N–H and O–H groups in total. The molecule has 2 saturated carbocycles. The summed E-state index contributed by atoms with van der Waals surface area (Å²) in [5.74, 6) is 0.300. The van der Waals surface area contributed by atoms with Crippen LogP contribution in [-0.2, 0) is 14.3 Å². The van der Waals surface area contributed by atoms with Gasteiger partial charge in [0.2, 0.25) is 0 Å². The SMILES string of the molecule is CO[C@@H]1CCC[C@@H]1OC(=O)[C@H]1[C@H](C=C(C)C)C1(C)C. The summed E-state index contributed by atoms with van der Waals surface area (Å²) >= 11 is 0. The second-order valence-corrected chi connectivity index (χ2v) is 6.75. The van der Waals surface area contributed by atoms with Crippen molar-refractivity contribution < 1.29 is 14.3 Å². The Morgan fingerprint density at radius 3 is 2.42 bits per heavy atom. The Hall–Kier alpha value is -0.830. The Labute approximate surface area is 116 Å². The van der Waals surface area contributed by atoms with Crippen LogP contribution in [0.2, 0.25) is 0 Å². The summed E-state index contributed by atoms with van der Waals surface area (Å²) in [4.78, 5) is 12.3. The number of methoxy groups -OCH3 is 1. The second-order valence-electron chi connectivity index (χ2n) is 6.75. The fraction of sp³-hybridized carbons (Fsp3) is 0.812. The molecule has 0 unspecified atom stereocenters. The van der Waals surface area contributed by atoms with E-state index in [1.165, 1.54) is 5.57 Å². The lowest BCUT2D eigenvalue weighted by atomic mass is 10.1. The Balaban J connectivity index is 1.96. The third kappa shape index (κ3) is 2.86. The Morgan fingerprint density at radius 1 is 1.21 bits per heavy atom. The van der Waals surface area contributed by atoms with Crippen LogP contribution in [-0.4, -0.2) is 25.3 Å². The first-order valence-electron chi connectivity index (χ1n) is 7.26. The van der Waals surface area contributed by atoms with Gasteiger partial charge in [0.05, 0.1) is 12.0 Å².